The zero-order valence-corrected chi connectivity index (χ0v) is 9.52. The summed E-state index contributed by atoms with van der Waals surface area (Å²) in [6.45, 7) is 4.78. The Morgan fingerprint density at radius 3 is 2.69 bits per heavy atom. The van der Waals surface area contributed by atoms with Crippen LogP contribution in [-0.4, -0.2) is 61.4 Å². The topological polar surface area (TPSA) is 52.7 Å². The van der Waals surface area contributed by atoms with Gasteiger partial charge in [0.25, 0.3) is 0 Å². The van der Waals surface area contributed by atoms with Gasteiger partial charge in [-0.2, -0.15) is 0 Å². The minimum Gasteiger partial charge on any atom is -0.344 e. The van der Waals surface area contributed by atoms with Gasteiger partial charge in [0.15, 0.2) is 0 Å². The molecule has 0 saturated carbocycles. The van der Waals surface area contributed by atoms with Crippen molar-refractivity contribution in [3.63, 3.8) is 0 Å². The normalized spacial score (nSPS) is 26.6. The molecule has 0 aromatic heterocycles. The molecule has 2 aliphatic heterocycles. The lowest BCUT2D eigenvalue weighted by atomic mass is 9.96. The molecule has 2 rings (SSSR count). The van der Waals surface area contributed by atoms with Crippen LogP contribution in [0.15, 0.2) is 0 Å². The Morgan fingerprint density at radius 1 is 1.25 bits per heavy atom. The van der Waals surface area contributed by atoms with Crippen molar-refractivity contribution in [2.75, 3.05) is 39.3 Å². The SMILES string of the molecule is O=CN1CCCC(C(=O)N2CCNCC2)C1. The first-order valence-electron chi connectivity index (χ1n) is 6.00. The third-order valence-corrected chi connectivity index (χ3v) is 3.38. The minimum absolute atomic E-state index is 0.0250. The van der Waals surface area contributed by atoms with Crippen molar-refractivity contribution in [2.24, 2.45) is 5.92 Å². The van der Waals surface area contributed by atoms with Crippen molar-refractivity contribution in [2.45, 2.75) is 12.8 Å². The summed E-state index contributed by atoms with van der Waals surface area (Å²) in [4.78, 5) is 26.5. The van der Waals surface area contributed by atoms with E-state index in [1.807, 2.05) is 4.90 Å². The van der Waals surface area contributed by atoms with Crippen LogP contribution in [0.5, 0.6) is 0 Å². The van der Waals surface area contributed by atoms with Gasteiger partial charge < -0.3 is 15.1 Å². The third kappa shape index (κ3) is 2.52. The zero-order chi connectivity index (χ0) is 11.4. The van der Waals surface area contributed by atoms with Crippen LogP contribution in [0.1, 0.15) is 12.8 Å². The Labute approximate surface area is 95.8 Å². The van der Waals surface area contributed by atoms with Gasteiger partial charge in [0.05, 0.1) is 5.92 Å². The first-order valence-corrected chi connectivity index (χ1v) is 6.00. The number of hydrogen-bond donors (Lipinski definition) is 1. The number of piperidine rings is 1. The number of hydrogen-bond acceptors (Lipinski definition) is 3. The quantitative estimate of drug-likeness (QED) is 0.631. The maximum Gasteiger partial charge on any atom is 0.227 e. The molecule has 1 N–H and O–H groups in total. The summed E-state index contributed by atoms with van der Waals surface area (Å²) in [7, 11) is 0. The second-order valence-electron chi connectivity index (χ2n) is 4.51. The fourth-order valence-corrected chi connectivity index (χ4v) is 2.45. The van der Waals surface area contributed by atoms with Crippen LogP contribution in [0, 0.1) is 5.92 Å². The molecule has 2 heterocycles. The highest BCUT2D eigenvalue weighted by atomic mass is 16.2. The second-order valence-corrected chi connectivity index (χ2v) is 4.51. The van der Waals surface area contributed by atoms with E-state index >= 15 is 0 Å². The van der Waals surface area contributed by atoms with Crippen molar-refractivity contribution in [1.82, 2.24) is 15.1 Å². The van der Waals surface area contributed by atoms with Crippen molar-refractivity contribution >= 4 is 12.3 Å². The number of carbonyl (C=O) groups is 2. The van der Waals surface area contributed by atoms with E-state index in [2.05, 4.69) is 5.32 Å². The van der Waals surface area contributed by atoms with Gasteiger partial charge in [-0.05, 0) is 12.8 Å². The number of piperazine rings is 1. The van der Waals surface area contributed by atoms with E-state index in [1.165, 1.54) is 0 Å². The molecule has 0 aromatic rings. The van der Waals surface area contributed by atoms with Gasteiger partial charge >= 0.3 is 0 Å². The monoisotopic (exact) mass is 225 g/mol. The number of nitrogens with zero attached hydrogens (tertiary/aromatic N) is 2. The van der Waals surface area contributed by atoms with Gasteiger partial charge in [-0.15, -0.1) is 0 Å². The maximum atomic E-state index is 12.2. The van der Waals surface area contributed by atoms with E-state index in [0.717, 1.165) is 52.0 Å². The smallest absolute Gasteiger partial charge is 0.227 e. The predicted molar refractivity (Wildman–Crippen MR) is 59.8 cm³/mol. The van der Waals surface area contributed by atoms with E-state index in [0.29, 0.717) is 6.54 Å². The summed E-state index contributed by atoms with van der Waals surface area (Å²) in [6, 6.07) is 0. The van der Waals surface area contributed by atoms with Gasteiger partial charge in [-0.3, -0.25) is 9.59 Å². The predicted octanol–water partition coefficient (Wildman–Crippen LogP) is -0.713. The van der Waals surface area contributed by atoms with Crippen LogP contribution in [0.3, 0.4) is 0 Å². The first-order chi connectivity index (χ1) is 7.81. The van der Waals surface area contributed by atoms with Gasteiger partial charge in [-0.1, -0.05) is 0 Å². The Bertz CT molecular complexity index is 264. The van der Waals surface area contributed by atoms with Crippen molar-refractivity contribution in [3.05, 3.63) is 0 Å². The number of rotatable bonds is 2. The van der Waals surface area contributed by atoms with Crippen molar-refractivity contribution < 1.29 is 9.59 Å². The van der Waals surface area contributed by atoms with Gasteiger partial charge in [0.1, 0.15) is 0 Å². The van der Waals surface area contributed by atoms with Crippen LogP contribution in [0.2, 0.25) is 0 Å². The van der Waals surface area contributed by atoms with Crippen molar-refractivity contribution in [1.29, 1.82) is 0 Å². The highest BCUT2D eigenvalue weighted by Crippen LogP contribution is 2.18. The van der Waals surface area contributed by atoms with Crippen LogP contribution in [0.4, 0.5) is 0 Å². The lowest BCUT2D eigenvalue weighted by Crippen LogP contribution is -2.51. The number of carbonyl (C=O) groups excluding carboxylic acids is 2. The molecule has 5 heteroatoms. The summed E-state index contributed by atoms with van der Waals surface area (Å²) < 4.78 is 0. The van der Waals surface area contributed by atoms with Gasteiger partial charge in [0.2, 0.25) is 12.3 Å². The molecule has 5 nitrogen and oxygen atoms in total. The molecule has 1 atom stereocenters. The molecule has 0 radical (unpaired) electrons. The van der Waals surface area contributed by atoms with E-state index < -0.39 is 0 Å². The molecule has 0 bridgehead atoms. The number of nitrogens with one attached hydrogen (secondary N) is 1. The van der Waals surface area contributed by atoms with Crippen LogP contribution >= 0.6 is 0 Å². The number of likely N-dealkylation sites (tertiary alicyclic amines) is 1. The van der Waals surface area contributed by atoms with E-state index in [9.17, 15) is 9.59 Å². The summed E-state index contributed by atoms with van der Waals surface area (Å²) in [6.07, 6.45) is 2.73. The molecule has 16 heavy (non-hydrogen) atoms. The average Bonchev–Trinajstić information content (AvgIpc) is 2.39. The Morgan fingerprint density at radius 2 is 2.00 bits per heavy atom. The second kappa shape index (κ2) is 5.30. The summed E-state index contributed by atoms with van der Waals surface area (Å²) in [5.41, 5.74) is 0. The molecule has 90 valence electrons. The highest BCUT2D eigenvalue weighted by molar-refractivity contribution is 5.79. The number of amides is 2. The van der Waals surface area contributed by atoms with E-state index in [1.54, 1.807) is 4.90 Å². The average molecular weight is 225 g/mol. The lowest BCUT2D eigenvalue weighted by Gasteiger charge is -2.35. The van der Waals surface area contributed by atoms with E-state index in [4.69, 9.17) is 0 Å². The molecule has 1 unspecified atom stereocenters. The minimum atomic E-state index is 0.0250. The third-order valence-electron chi connectivity index (χ3n) is 3.38. The van der Waals surface area contributed by atoms with Crippen LogP contribution in [-0.2, 0) is 9.59 Å². The molecule has 0 aromatic carbocycles. The molecule has 2 saturated heterocycles. The van der Waals surface area contributed by atoms with Gasteiger partial charge in [-0.25, -0.2) is 0 Å². The molecule has 2 fully saturated rings. The summed E-state index contributed by atoms with van der Waals surface area (Å²) >= 11 is 0. The fourth-order valence-electron chi connectivity index (χ4n) is 2.45. The standard InChI is InChI=1S/C11H19N3O2/c15-9-13-5-1-2-10(8-13)11(16)14-6-3-12-4-7-14/h9-10,12H,1-8H2. The Balaban J connectivity index is 1.90. The Hall–Kier alpha value is -1.10. The zero-order valence-electron chi connectivity index (χ0n) is 9.52. The molecule has 2 amide bonds. The van der Waals surface area contributed by atoms with Crippen molar-refractivity contribution in [3.8, 4) is 0 Å². The molecule has 2 aliphatic rings. The molecule has 0 aliphatic carbocycles. The Kier molecular flexibility index (Phi) is 3.77. The summed E-state index contributed by atoms with van der Waals surface area (Å²) in [5.74, 6) is 0.255. The van der Waals surface area contributed by atoms with E-state index in [-0.39, 0.29) is 11.8 Å². The molecule has 0 spiro atoms. The van der Waals surface area contributed by atoms with Gasteiger partial charge in [0, 0.05) is 39.3 Å². The largest absolute Gasteiger partial charge is 0.344 e. The fraction of sp³-hybridized carbons (Fsp3) is 0.818. The lowest BCUT2D eigenvalue weighted by molar-refractivity contribution is -0.138. The van der Waals surface area contributed by atoms with Crippen LogP contribution in [0.25, 0.3) is 0 Å². The van der Waals surface area contributed by atoms with Crippen LogP contribution < -0.4 is 5.32 Å². The summed E-state index contributed by atoms with van der Waals surface area (Å²) in [5, 5.41) is 3.23. The molecular weight excluding hydrogens is 206 g/mol. The highest BCUT2D eigenvalue weighted by Gasteiger charge is 2.29. The molecular formula is C11H19N3O2. The maximum absolute atomic E-state index is 12.2. The first kappa shape index (κ1) is 11.4.